The van der Waals surface area contributed by atoms with Gasteiger partial charge in [-0.05, 0) is 28.1 Å². The first-order valence-electron chi connectivity index (χ1n) is 5.65. The van der Waals surface area contributed by atoms with E-state index in [-0.39, 0.29) is 5.91 Å². The first kappa shape index (κ1) is 12.9. The van der Waals surface area contributed by atoms with Crippen molar-refractivity contribution in [1.82, 2.24) is 19.7 Å². The van der Waals surface area contributed by atoms with E-state index in [1.54, 1.807) is 16.8 Å². The molecule has 2 heterocycles. The van der Waals surface area contributed by atoms with Crippen LogP contribution in [0.15, 0.2) is 29.0 Å². The van der Waals surface area contributed by atoms with E-state index in [1.165, 1.54) is 0 Å². The van der Waals surface area contributed by atoms with Gasteiger partial charge in [0.2, 0.25) is 0 Å². The van der Waals surface area contributed by atoms with Gasteiger partial charge in [0.1, 0.15) is 5.69 Å². The molecule has 0 bridgehead atoms. The maximum absolute atomic E-state index is 11.9. The number of aryl methyl sites for hydroxylation is 2. The van der Waals surface area contributed by atoms with E-state index < -0.39 is 0 Å². The maximum Gasteiger partial charge on any atom is 0.267 e. The number of hydrogen-bond donors (Lipinski definition) is 1. The first-order valence-corrected chi connectivity index (χ1v) is 6.44. The second-order valence-electron chi connectivity index (χ2n) is 4.11. The number of rotatable bonds is 4. The second-order valence-corrected chi connectivity index (χ2v) is 5.02. The van der Waals surface area contributed by atoms with Gasteiger partial charge in [-0.15, -0.1) is 0 Å². The van der Waals surface area contributed by atoms with Crippen LogP contribution < -0.4 is 5.32 Å². The number of halogens is 1. The third-order valence-electron chi connectivity index (χ3n) is 2.79. The van der Waals surface area contributed by atoms with Crippen LogP contribution in [0.4, 0.5) is 0 Å². The average molecular weight is 311 g/mol. The lowest BCUT2D eigenvalue weighted by molar-refractivity contribution is 0.0946. The van der Waals surface area contributed by atoms with Crippen LogP contribution in [0, 0.1) is 0 Å². The van der Waals surface area contributed by atoms with Crippen molar-refractivity contribution >= 4 is 21.8 Å². The summed E-state index contributed by atoms with van der Waals surface area (Å²) in [6.07, 6.45) is 4.38. The van der Waals surface area contributed by atoms with E-state index in [4.69, 9.17) is 0 Å². The van der Waals surface area contributed by atoms with E-state index in [1.807, 2.05) is 31.0 Å². The Bertz CT molecular complexity index is 558. The molecule has 0 radical (unpaired) electrons. The van der Waals surface area contributed by atoms with Gasteiger partial charge in [0.05, 0.1) is 0 Å². The van der Waals surface area contributed by atoms with Crippen LogP contribution >= 0.6 is 15.9 Å². The molecule has 0 aliphatic rings. The number of carbonyl (C=O) groups excluding carboxylic acids is 1. The highest BCUT2D eigenvalue weighted by atomic mass is 79.9. The Morgan fingerprint density at radius 2 is 2.28 bits per heavy atom. The SMILES string of the molecule is Cn1cc(Br)cc1C(=O)NCCc1ccnn1C. The van der Waals surface area contributed by atoms with Gasteiger partial charge in [0, 0.05) is 49.6 Å². The van der Waals surface area contributed by atoms with E-state index in [0.29, 0.717) is 12.2 Å². The Balaban J connectivity index is 1.89. The molecule has 6 heteroatoms. The highest BCUT2D eigenvalue weighted by Crippen LogP contribution is 2.13. The van der Waals surface area contributed by atoms with Crippen molar-refractivity contribution < 1.29 is 4.79 Å². The summed E-state index contributed by atoms with van der Waals surface area (Å²) in [7, 11) is 3.74. The molecule has 5 nitrogen and oxygen atoms in total. The standard InChI is InChI=1S/C12H15BrN4O/c1-16-8-9(13)7-11(16)12(18)14-5-3-10-4-6-15-17(10)2/h4,6-8H,3,5H2,1-2H3,(H,14,18). The summed E-state index contributed by atoms with van der Waals surface area (Å²) in [6, 6.07) is 3.75. The summed E-state index contributed by atoms with van der Waals surface area (Å²) in [5.41, 5.74) is 1.75. The van der Waals surface area contributed by atoms with Crippen molar-refractivity contribution in [2.24, 2.45) is 14.1 Å². The van der Waals surface area contributed by atoms with Crippen LogP contribution in [0.5, 0.6) is 0 Å². The van der Waals surface area contributed by atoms with Gasteiger partial charge >= 0.3 is 0 Å². The normalized spacial score (nSPS) is 10.6. The molecule has 96 valence electrons. The van der Waals surface area contributed by atoms with Crippen LogP contribution in [0.1, 0.15) is 16.2 Å². The predicted octanol–water partition coefficient (Wildman–Crippen LogP) is 1.49. The van der Waals surface area contributed by atoms with Crippen LogP contribution in [0.2, 0.25) is 0 Å². The largest absolute Gasteiger partial charge is 0.350 e. The molecule has 2 rings (SSSR count). The van der Waals surface area contributed by atoms with Crippen molar-refractivity contribution in [2.45, 2.75) is 6.42 Å². The zero-order valence-corrected chi connectivity index (χ0v) is 11.9. The summed E-state index contributed by atoms with van der Waals surface area (Å²) in [5.74, 6) is -0.0645. The Morgan fingerprint density at radius 1 is 1.50 bits per heavy atom. The van der Waals surface area contributed by atoms with Gasteiger partial charge in [0.15, 0.2) is 0 Å². The van der Waals surface area contributed by atoms with Crippen LogP contribution in [0.25, 0.3) is 0 Å². The van der Waals surface area contributed by atoms with E-state index in [0.717, 1.165) is 16.6 Å². The Labute approximate surface area is 114 Å². The summed E-state index contributed by atoms with van der Waals surface area (Å²) in [4.78, 5) is 11.9. The number of hydrogen-bond acceptors (Lipinski definition) is 2. The van der Waals surface area contributed by atoms with Gasteiger partial charge in [-0.3, -0.25) is 9.48 Å². The fraction of sp³-hybridized carbons (Fsp3) is 0.333. The van der Waals surface area contributed by atoms with Gasteiger partial charge in [-0.25, -0.2) is 0 Å². The Kier molecular flexibility index (Phi) is 3.86. The molecule has 0 spiro atoms. The predicted molar refractivity (Wildman–Crippen MR) is 72.4 cm³/mol. The molecule has 0 fully saturated rings. The zero-order chi connectivity index (χ0) is 13.1. The highest BCUT2D eigenvalue weighted by molar-refractivity contribution is 9.10. The number of nitrogens with one attached hydrogen (secondary N) is 1. The van der Waals surface area contributed by atoms with Gasteiger partial charge < -0.3 is 9.88 Å². The average Bonchev–Trinajstić information content (AvgIpc) is 2.85. The molecule has 0 aliphatic heterocycles. The molecule has 0 unspecified atom stereocenters. The van der Waals surface area contributed by atoms with E-state index >= 15 is 0 Å². The monoisotopic (exact) mass is 310 g/mol. The Morgan fingerprint density at radius 3 is 2.83 bits per heavy atom. The molecular formula is C12H15BrN4O. The molecule has 0 aliphatic carbocycles. The van der Waals surface area contributed by atoms with Crippen LogP contribution in [0.3, 0.4) is 0 Å². The molecule has 0 saturated heterocycles. The minimum absolute atomic E-state index is 0.0645. The quantitative estimate of drug-likeness (QED) is 0.930. The van der Waals surface area contributed by atoms with Crippen molar-refractivity contribution in [3.63, 3.8) is 0 Å². The van der Waals surface area contributed by atoms with Gasteiger partial charge in [0.25, 0.3) is 5.91 Å². The molecular weight excluding hydrogens is 296 g/mol. The number of aromatic nitrogens is 3. The van der Waals surface area contributed by atoms with Crippen LogP contribution in [-0.4, -0.2) is 26.8 Å². The number of nitrogens with zero attached hydrogens (tertiary/aromatic N) is 3. The van der Waals surface area contributed by atoms with Crippen molar-refractivity contribution in [3.05, 3.63) is 40.4 Å². The molecule has 18 heavy (non-hydrogen) atoms. The van der Waals surface area contributed by atoms with E-state index in [2.05, 4.69) is 26.3 Å². The Hall–Kier alpha value is -1.56. The summed E-state index contributed by atoms with van der Waals surface area (Å²) < 4.78 is 4.51. The van der Waals surface area contributed by atoms with Crippen molar-refractivity contribution in [1.29, 1.82) is 0 Å². The minimum Gasteiger partial charge on any atom is -0.350 e. The lowest BCUT2D eigenvalue weighted by Gasteiger charge is -2.06. The van der Waals surface area contributed by atoms with Crippen LogP contribution in [-0.2, 0) is 20.5 Å². The minimum atomic E-state index is -0.0645. The maximum atomic E-state index is 11.9. The molecule has 2 aromatic rings. The summed E-state index contributed by atoms with van der Waals surface area (Å²) in [5, 5.41) is 6.98. The summed E-state index contributed by atoms with van der Waals surface area (Å²) >= 11 is 3.35. The lowest BCUT2D eigenvalue weighted by Crippen LogP contribution is -2.27. The topological polar surface area (TPSA) is 51.9 Å². The summed E-state index contributed by atoms with van der Waals surface area (Å²) in [6.45, 7) is 0.598. The molecule has 0 aromatic carbocycles. The van der Waals surface area contributed by atoms with Crippen molar-refractivity contribution in [2.75, 3.05) is 6.54 Å². The molecule has 0 atom stereocenters. The highest BCUT2D eigenvalue weighted by Gasteiger charge is 2.10. The molecule has 1 amide bonds. The number of carbonyl (C=O) groups is 1. The zero-order valence-electron chi connectivity index (χ0n) is 10.4. The molecule has 2 aromatic heterocycles. The fourth-order valence-corrected chi connectivity index (χ4v) is 2.32. The number of amides is 1. The first-order chi connectivity index (χ1) is 8.58. The smallest absolute Gasteiger partial charge is 0.267 e. The molecule has 0 saturated carbocycles. The third-order valence-corrected chi connectivity index (χ3v) is 3.23. The van der Waals surface area contributed by atoms with Gasteiger partial charge in [-0.1, -0.05) is 0 Å². The molecule has 1 N–H and O–H groups in total. The second kappa shape index (κ2) is 5.39. The van der Waals surface area contributed by atoms with Crippen molar-refractivity contribution in [3.8, 4) is 0 Å². The fourth-order valence-electron chi connectivity index (χ4n) is 1.79. The third kappa shape index (κ3) is 2.81. The van der Waals surface area contributed by atoms with Gasteiger partial charge in [-0.2, -0.15) is 5.10 Å². The lowest BCUT2D eigenvalue weighted by atomic mass is 10.3. The van der Waals surface area contributed by atoms with E-state index in [9.17, 15) is 4.79 Å².